The van der Waals surface area contributed by atoms with E-state index in [-0.39, 0.29) is 6.61 Å². The van der Waals surface area contributed by atoms with Gasteiger partial charge in [-0.3, -0.25) is 10.1 Å². The Bertz CT molecular complexity index is 658. The van der Waals surface area contributed by atoms with Gasteiger partial charge in [-0.2, -0.15) is 0 Å². The summed E-state index contributed by atoms with van der Waals surface area (Å²) in [5, 5.41) is 1.90. The molecule has 1 aromatic carbocycles. The van der Waals surface area contributed by atoms with Crippen molar-refractivity contribution in [2.24, 2.45) is 0 Å². The number of methoxy groups -OCH3 is 3. The molecule has 0 heterocycles. The molecular weight excluding hydrogens is 346 g/mol. The number of amides is 2. The molecule has 0 aliphatic rings. The highest BCUT2D eigenvalue weighted by Crippen LogP contribution is 2.38. The van der Waals surface area contributed by atoms with E-state index in [0.717, 1.165) is 6.08 Å². The molecule has 0 saturated carbocycles. The van der Waals surface area contributed by atoms with Crippen LogP contribution in [0.3, 0.4) is 0 Å². The van der Waals surface area contributed by atoms with Gasteiger partial charge in [-0.05, 0) is 30.7 Å². The van der Waals surface area contributed by atoms with Crippen molar-refractivity contribution in [1.82, 2.24) is 5.32 Å². The minimum atomic E-state index is -0.901. The number of rotatable bonds is 8. The molecule has 9 heteroatoms. The molecule has 0 saturated heterocycles. The second kappa shape index (κ2) is 10.6. The highest BCUT2D eigenvalue weighted by Gasteiger charge is 2.13. The third-order valence-corrected chi connectivity index (χ3v) is 2.96. The molecule has 0 aliphatic carbocycles. The third kappa shape index (κ3) is 6.34. The first-order valence-electron chi connectivity index (χ1n) is 7.56. The van der Waals surface area contributed by atoms with E-state index in [0.29, 0.717) is 22.8 Å². The Hall–Kier alpha value is -3.23. The topological polar surface area (TPSA) is 109 Å². The highest BCUT2D eigenvalue weighted by molar-refractivity contribution is 5.94. The number of carbonyl (C=O) groups excluding carboxylic acids is 3. The molecule has 0 atom stereocenters. The number of carbonyl (C=O) groups is 3. The molecule has 0 fully saturated rings. The molecule has 1 rings (SSSR count). The third-order valence-electron chi connectivity index (χ3n) is 2.96. The Morgan fingerprint density at radius 2 is 1.62 bits per heavy atom. The first kappa shape index (κ1) is 20.8. The normalized spacial score (nSPS) is 10.2. The lowest BCUT2D eigenvalue weighted by molar-refractivity contribution is -0.143. The van der Waals surface area contributed by atoms with E-state index in [1.54, 1.807) is 19.1 Å². The van der Waals surface area contributed by atoms with Crippen LogP contribution in [-0.2, 0) is 19.1 Å². The summed E-state index contributed by atoms with van der Waals surface area (Å²) in [6.07, 6.45) is 1.68. The number of esters is 1. The molecule has 1 N–H and O–H groups in total. The molecule has 0 spiro atoms. The lowest BCUT2D eigenvalue weighted by atomic mass is 10.1. The SMILES string of the molecule is CCOC(=O)NC(=O)COC(=O)/C=C/c1cc(OC)c(OC)c(OC)c1. The Morgan fingerprint density at radius 1 is 1.00 bits per heavy atom. The van der Waals surface area contributed by atoms with Gasteiger partial charge in [0.05, 0.1) is 27.9 Å². The Morgan fingerprint density at radius 3 is 2.12 bits per heavy atom. The number of hydrogen-bond acceptors (Lipinski definition) is 8. The van der Waals surface area contributed by atoms with Gasteiger partial charge in [-0.25, -0.2) is 9.59 Å². The molecule has 0 unspecified atom stereocenters. The average molecular weight is 367 g/mol. The van der Waals surface area contributed by atoms with Crippen LogP contribution in [-0.4, -0.2) is 52.5 Å². The predicted octanol–water partition coefficient (Wildman–Crippen LogP) is 1.54. The van der Waals surface area contributed by atoms with E-state index < -0.39 is 24.6 Å². The Labute approximate surface area is 150 Å². The maximum atomic E-state index is 11.7. The van der Waals surface area contributed by atoms with Crippen LogP contribution < -0.4 is 19.5 Å². The molecule has 0 radical (unpaired) electrons. The predicted molar refractivity (Wildman–Crippen MR) is 91.3 cm³/mol. The van der Waals surface area contributed by atoms with E-state index in [4.69, 9.17) is 18.9 Å². The van der Waals surface area contributed by atoms with E-state index >= 15 is 0 Å². The lowest BCUT2D eigenvalue weighted by Crippen LogP contribution is -2.34. The van der Waals surface area contributed by atoms with Gasteiger partial charge < -0.3 is 23.7 Å². The van der Waals surface area contributed by atoms with Crippen molar-refractivity contribution in [3.05, 3.63) is 23.8 Å². The fourth-order valence-electron chi connectivity index (χ4n) is 1.86. The van der Waals surface area contributed by atoms with Gasteiger partial charge in [0.1, 0.15) is 0 Å². The van der Waals surface area contributed by atoms with Crippen molar-refractivity contribution < 1.29 is 38.1 Å². The first-order valence-corrected chi connectivity index (χ1v) is 7.56. The van der Waals surface area contributed by atoms with Crippen LogP contribution >= 0.6 is 0 Å². The summed E-state index contributed by atoms with van der Waals surface area (Å²) in [7, 11) is 4.43. The van der Waals surface area contributed by atoms with Crippen LogP contribution in [0.15, 0.2) is 18.2 Å². The minimum Gasteiger partial charge on any atom is -0.493 e. The summed E-state index contributed by atoms with van der Waals surface area (Å²) >= 11 is 0. The Kier molecular flexibility index (Phi) is 8.48. The van der Waals surface area contributed by atoms with E-state index in [2.05, 4.69) is 4.74 Å². The van der Waals surface area contributed by atoms with Crippen molar-refractivity contribution in [3.8, 4) is 17.2 Å². The average Bonchev–Trinajstić information content (AvgIpc) is 2.63. The summed E-state index contributed by atoms with van der Waals surface area (Å²) in [4.78, 5) is 34.1. The van der Waals surface area contributed by atoms with E-state index in [1.807, 2.05) is 5.32 Å². The second-order valence-corrected chi connectivity index (χ2v) is 4.67. The minimum absolute atomic E-state index is 0.121. The van der Waals surface area contributed by atoms with Crippen molar-refractivity contribution in [1.29, 1.82) is 0 Å². The van der Waals surface area contributed by atoms with Crippen molar-refractivity contribution >= 4 is 24.0 Å². The molecule has 0 aliphatic heterocycles. The molecule has 9 nitrogen and oxygen atoms in total. The summed E-state index contributed by atoms with van der Waals surface area (Å²) in [6, 6.07) is 3.27. The number of alkyl carbamates (subject to hydrolysis) is 1. The highest BCUT2D eigenvalue weighted by atomic mass is 16.6. The maximum Gasteiger partial charge on any atom is 0.413 e. The zero-order valence-electron chi connectivity index (χ0n) is 15.0. The zero-order valence-corrected chi connectivity index (χ0v) is 15.0. The molecule has 1 aromatic rings. The molecule has 26 heavy (non-hydrogen) atoms. The summed E-state index contributed by atoms with van der Waals surface area (Å²) in [6.45, 7) is 1.10. The first-order chi connectivity index (χ1) is 12.4. The molecule has 2 amide bonds. The van der Waals surface area contributed by atoms with E-state index in [9.17, 15) is 14.4 Å². The second-order valence-electron chi connectivity index (χ2n) is 4.67. The van der Waals surface area contributed by atoms with Crippen LogP contribution in [0.2, 0.25) is 0 Å². The number of ether oxygens (including phenoxy) is 5. The number of nitrogens with one attached hydrogen (secondary N) is 1. The number of hydrogen-bond donors (Lipinski definition) is 1. The smallest absolute Gasteiger partial charge is 0.413 e. The fraction of sp³-hybridized carbons (Fsp3) is 0.353. The summed E-state index contributed by atoms with van der Waals surface area (Å²) in [5.74, 6) is -0.288. The molecular formula is C17H21NO8. The van der Waals surface area contributed by atoms with Gasteiger partial charge in [0.15, 0.2) is 18.1 Å². The van der Waals surface area contributed by atoms with Crippen LogP contribution in [0.25, 0.3) is 6.08 Å². The van der Waals surface area contributed by atoms with Crippen molar-refractivity contribution in [2.75, 3.05) is 34.5 Å². The van der Waals surface area contributed by atoms with Gasteiger partial charge in [-0.1, -0.05) is 0 Å². The monoisotopic (exact) mass is 367 g/mol. The van der Waals surface area contributed by atoms with Gasteiger partial charge in [0.2, 0.25) is 5.75 Å². The van der Waals surface area contributed by atoms with Crippen LogP contribution in [0.5, 0.6) is 17.2 Å². The quantitative estimate of drug-likeness (QED) is 0.544. The standard InChI is InChI=1S/C17H21NO8/c1-5-25-17(21)18-14(19)10-26-15(20)7-6-11-8-12(22-2)16(24-4)13(9-11)23-3/h6-9H,5,10H2,1-4H3,(H,18,19,21)/b7-6+. The van der Waals surface area contributed by atoms with Crippen LogP contribution in [0.1, 0.15) is 12.5 Å². The number of imide groups is 1. The van der Waals surface area contributed by atoms with Crippen LogP contribution in [0.4, 0.5) is 4.79 Å². The zero-order chi connectivity index (χ0) is 19.5. The van der Waals surface area contributed by atoms with Crippen molar-refractivity contribution in [2.45, 2.75) is 6.92 Å². The van der Waals surface area contributed by atoms with Crippen LogP contribution in [0, 0.1) is 0 Å². The molecule has 0 bridgehead atoms. The fourth-order valence-corrected chi connectivity index (χ4v) is 1.86. The van der Waals surface area contributed by atoms with Crippen molar-refractivity contribution in [3.63, 3.8) is 0 Å². The van der Waals surface area contributed by atoms with Gasteiger partial charge >= 0.3 is 12.1 Å². The number of benzene rings is 1. The maximum absolute atomic E-state index is 11.7. The van der Waals surface area contributed by atoms with Gasteiger partial charge in [0.25, 0.3) is 5.91 Å². The van der Waals surface area contributed by atoms with Gasteiger partial charge in [0, 0.05) is 6.08 Å². The largest absolute Gasteiger partial charge is 0.493 e. The molecule has 0 aromatic heterocycles. The molecule has 142 valence electrons. The van der Waals surface area contributed by atoms with Gasteiger partial charge in [-0.15, -0.1) is 0 Å². The summed E-state index contributed by atoms with van der Waals surface area (Å²) < 4.78 is 24.9. The Balaban J connectivity index is 2.68. The van der Waals surface area contributed by atoms with E-state index in [1.165, 1.54) is 27.4 Å². The lowest BCUT2D eigenvalue weighted by Gasteiger charge is -2.12. The summed E-state index contributed by atoms with van der Waals surface area (Å²) in [5.41, 5.74) is 0.590.